The highest BCUT2D eigenvalue weighted by Crippen LogP contribution is 2.29. The predicted octanol–water partition coefficient (Wildman–Crippen LogP) is 1.86. The first kappa shape index (κ1) is 7.58. The Morgan fingerprint density at radius 2 is 2.36 bits per heavy atom. The topological polar surface area (TPSA) is 21.3 Å². The Labute approximate surface area is 77.7 Å². The lowest BCUT2D eigenvalue weighted by Crippen LogP contribution is -2.50. The fraction of sp³-hybridized carbons (Fsp3) is 0.429. The van der Waals surface area contributed by atoms with Gasteiger partial charge in [-0.25, -0.2) is 0 Å². The van der Waals surface area contributed by atoms with E-state index in [1.54, 1.807) is 11.3 Å². The van der Waals surface area contributed by atoms with Crippen molar-refractivity contribution in [2.24, 2.45) is 0 Å². The Morgan fingerprint density at radius 1 is 1.55 bits per heavy atom. The van der Waals surface area contributed by atoms with Crippen LogP contribution in [0.1, 0.15) is 0 Å². The monoisotopic (exact) mass is 233 g/mol. The van der Waals surface area contributed by atoms with Gasteiger partial charge in [-0.15, -0.1) is 0 Å². The van der Waals surface area contributed by atoms with Crippen LogP contribution in [0.3, 0.4) is 0 Å². The maximum Gasteiger partial charge on any atom is 0.175 e. The fourth-order valence-corrected chi connectivity index (χ4v) is 2.13. The van der Waals surface area contributed by atoms with E-state index in [0.717, 1.165) is 21.9 Å². The largest absolute Gasteiger partial charge is 0.478 e. The van der Waals surface area contributed by atoms with Crippen LogP contribution in [0.2, 0.25) is 0 Å². The zero-order chi connectivity index (χ0) is 7.68. The molecule has 1 aromatic rings. The first-order chi connectivity index (χ1) is 5.34. The van der Waals surface area contributed by atoms with E-state index in [1.165, 1.54) is 0 Å². The Bertz CT molecular complexity index is 246. The van der Waals surface area contributed by atoms with Crippen LogP contribution in [-0.4, -0.2) is 19.2 Å². The molecule has 4 heteroatoms. The predicted molar refractivity (Wildman–Crippen MR) is 49.3 cm³/mol. The molecular weight excluding hydrogens is 226 g/mol. The van der Waals surface area contributed by atoms with Crippen LogP contribution in [0.15, 0.2) is 15.9 Å². The van der Waals surface area contributed by atoms with Gasteiger partial charge in [0.15, 0.2) is 5.06 Å². The minimum absolute atomic E-state index is 0.389. The van der Waals surface area contributed by atoms with Crippen molar-refractivity contribution < 1.29 is 4.74 Å². The molecule has 1 aliphatic rings. The van der Waals surface area contributed by atoms with E-state index in [0.29, 0.717) is 6.10 Å². The van der Waals surface area contributed by atoms with Gasteiger partial charge in [-0.1, -0.05) is 11.3 Å². The minimum atomic E-state index is 0.389. The summed E-state index contributed by atoms with van der Waals surface area (Å²) in [5.41, 5.74) is 0. The first-order valence-electron chi connectivity index (χ1n) is 3.47. The normalized spacial score (nSPS) is 17.9. The van der Waals surface area contributed by atoms with Gasteiger partial charge in [-0.05, 0) is 28.1 Å². The molecule has 0 bridgehead atoms. The summed E-state index contributed by atoms with van der Waals surface area (Å²) in [6.45, 7) is 1.96. The lowest BCUT2D eigenvalue weighted by molar-refractivity contribution is 0.147. The van der Waals surface area contributed by atoms with Gasteiger partial charge in [0, 0.05) is 13.1 Å². The van der Waals surface area contributed by atoms with Gasteiger partial charge >= 0.3 is 0 Å². The molecule has 0 saturated carbocycles. The number of ether oxygens (including phenoxy) is 1. The Hall–Kier alpha value is -0.0600. The SMILES string of the molecule is Brc1ccc(OC2CNC2)s1. The van der Waals surface area contributed by atoms with Gasteiger partial charge < -0.3 is 10.1 Å². The van der Waals surface area contributed by atoms with Crippen molar-refractivity contribution in [3.05, 3.63) is 15.9 Å². The van der Waals surface area contributed by atoms with Gasteiger partial charge in [0.1, 0.15) is 6.10 Å². The van der Waals surface area contributed by atoms with E-state index < -0.39 is 0 Å². The number of nitrogens with one attached hydrogen (secondary N) is 1. The second-order valence-corrected chi connectivity index (χ2v) is 4.88. The molecule has 0 aliphatic carbocycles. The molecule has 0 spiro atoms. The maximum absolute atomic E-state index is 5.60. The smallest absolute Gasteiger partial charge is 0.175 e. The lowest BCUT2D eigenvalue weighted by Gasteiger charge is -2.26. The minimum Gasteiger partial charge on any atom is -0.478 e. The quantitative estimate of drug-likeness (QED) is 0.843. The van der Waals surface area contributed by atoms with Crippen molar-refractivity contribution in [3.63, 3.8) is 0 Å². The van der Waals surface area contributed by atoms with E-state index >= 15 is 0 Å². The summed E-state index contributed by atoms with van der Waals surface area (Å²) in [7, 11) is 0. The molecule has 2 heterocycles. The molecule has 0 amide bonds. The average Bonchev–Trinajstić information content (AvgIpc) is 2.27. The maximum atomic E-state index is 5.60. The highest BCUT2D eigenvalue weighted by Gasteiger charge is 2.18. The number of hydrogen-bond donors (Lipinski definition) is 1. The van der Waals surface area contributed by atoms with E-state index in [-0.39, 0.29) is 0 Å². The zero-order valence-corrected chi connectivity index (χ0v) is 8.24. The van der Waals surface area contributed by atoms with Crippen molar-refractivity contribution >= 4 is 27.3 Å². The number of thiophene rings is 1. The molecule has 1 aliphatic heterocycles. The van der Waals surface area contributed by atoms with Gasteiger partial charge in [-0.3, -0.25) is 0 Å². The first-order valence-corrected chi connectivity index (χ1v) is 5.08. The summed E-state index contributed by atoms with van der Waals surface area (Å²) < 4.78 is 6.72. The fourth-order valence-electron chi connectivity index (χ4n) is 0.871. The number of halogens is 1. The molecule has 1 N–H and O–H groups in total. The second-order valence-electron chi connectivity index (χ2n) is 2.46. The standard InChI is InChI=1S/C7H8BrNOS/c8-6-1-2-7(11-6)10-5-3-9-4-5/h1-2,5,9H,3-4H2. The van der Waals surface area contributed by atoms with E-state index in [4.69, 9.17) is 4.74 Å². The average molecular weight is 234 g/mol. The molecule has 0 radical (unpaired) electrons. The van der Waals surface area contributed by atoms with Crippen molar-refractivity contribution in [2.75, 3.05) is 13.1 Å². The summed E-state index contributed by atoms with van der Waals surface area (Å²) in [5.74, 6) is 0. The second kappa shape index (κ2) is 3.13. The molecule has 1 fully saturated rings. The van der Waals surface area contributed by atoms with Crippen molar-refractivity contribution in [1.82, 2.24) is 5.32 Å². The Kier molecular flexibility index (Phi) is 2.16. The van der Waals surface area contributed by atoms with Crippen LogP contribution in [0.25, 0.3) is 0 Å². The molecule has 1 saturated heterocycles. The molecule has 0 aromatic carbocycles. The third-order valence-electron chi connectivity index (χ3n) is 1.58. The number of rotatable bonds is 2. The van der Waals surface area contributed by atoms with Crippen molar-refractivity contribution in [2.45, 2.75) is 6.10 Å². The zero-order valence-electron chi connectivity index (χ0n) is 5.84. The number of hydrogen-bond acceptors (Lipinski definition) is 3. The van der Waals surface area contributed by atoms with Gasteiger partial charge in [0.25, 0.3) is 0 Å². The lowest BCUT2D eigenvalue weighted by atomic mass is 10.2. The van der Waals surface area contributed by atoms with E-state index in [1.807, 2.05) is 12.1 Å². The summed E-state index contributed by atoms with van der Waals surface area (Å²) >= 11 is 5.02. The van der Waals surface area contributed by atoms with Crippen molar-refractivity contribution in [3.8, 4) is 5.06 Å². The molecule has 0 atom stereocenters. The molecule has 0 unspecified atom stereocenters. The molecule has 1 aromatic heterocycles. The van der Waals surface area contributed by atoms with E-state index in [2.05, 4.69) is 21.2 Å². The molecule has 11 heavy (non-hydrogen) atoms. The highest BCUT2D eigenvalue weighted by molar-refractivity contribution is 9.11. The third kappa shape index (κ3) is 1.75. The van der Waals surface area contributed by atoms with Crippen molar-refractivity contribution in [1.29, 1.82) is 0 Å². The van der Waals surface area contributed by atoms with Crippen LogP contribution < -0.4 is 10.1 Å². The van der Waals surface area contributed by atoms with Crippen LogP contribution in [0.4, 0.5) is 0 Å². The summed E-state index contributed by atoms with van der Waals surface area (Å²) in [4.78, 5) is 0. The van der Waals surface area contributed by atoms with Gasteiger partial charge in [0.05, 0.1) is 3.79 Å². The molecule has 2 nitrogen and oxygen atoms in total. The van der Waals surface area contributed by atoms with Crippen LogP contribution in [0.5, 0.6) is 5.06 Å². The third-order valence-corrected chi connectivity index (χ3v) is 3.09. The molecule has 60 valence electrons. The molecular formula is C7H8BrNOS. The molecule has 2 rings (SSSR count). The Balaban J connectivity index is 1.95. The highest BCUT2D eigenvalue weighted by atomic mass is 79.9. The summed E-state index contributed by atoms with van der Waals surface area (Å²) in [6, 6.07) is 4.00. The summed E-state index contributed by atoms with van der Waals surface area (Å²) in [6.07, 6.45) is 0.389. The summed E-state index contributed by atoms with van der Waals surface area (Å²) in [5, 5.41) is 4.16. The van der Waals surface area contributed by atoms with Crippen LogP contribution in [0, 0.1) is 0 Å². The van der Waals surface area contributed by atoms with E-state index in [9.17, 15) is 0 Å². The van der Waals surface area contributed by atoms with Crippen LogP contribution >= 0.6 is 27.3 Å². The van der Waals surface area contributed by atoms with Gasteiger partial charge in [-0.2, -0.15) is 0 Å². The van der Waals surface area contributed by atoms with Gasteiger partial charge in [0.2, 0.25) is 0 Å². The Morgan fingerprint density at radius 3 is 2.82 bits per heavy atom. The van der Waals surface area contributed by atoms with Crippen LogP contribution in [-0.2, 0) is 0 Å².